The van der Waals surface area contributed by atoms with E-state index in [4.69, 9.17) is 10.7 Å². The highest BCUT2D eigenvalue weighted by Gasteiger charge is 2.48. The van der Waals surface area contributed by atoms with Crippen LogP contribution in [0.15, 0.2) is 29.3 Å². The number of nitrogens with zero attached hydrogens (tertiary/aromatic N) is 3. The van der Waals surface area contributed by atoms with Crippen LogP contribution in [0.5, 0.6) is 0 Å². The molecule has 1 aromatic carbocycles. The molecule has 1 heterocycles. The summed E-state index contributed by atoms with van der Waals surface area (Å²) >= 11 is 0. The highest BCUT2D eigenvalue weighted by molar-refractivity contribution is 6.06. The van der Waals surface area contributed by atoms with Gasteiger partial charge in [-0.05, 0) is 61.1 Å². The number of hydrogen-bond donors (Lipinski definition) is 1. The molecule has 36 heavy (non-hydrogen) atoms. The van der Waals surface area contributed by atoms with Crippen LogP contribution >= 0.6 is 0 Å². The minimum absolute atomic E-state index is 0.0789. The number of amides is 1. The molecule has 6 nitrogen and oxygen atoms in total. The second-order valence-corrected chi connectivity index (χ2v) is 12.0. The van der Waals surface area contributed by atoms with Gasteiger partial charge in [-0.3, -0.25) is 14.5 Å². The number of benzene rings is 1. The van der Waals surface area contributed by atoms with Crippen LogP contribution < -0.4 is 10.6 Å². The van der Waals surface area contributed by atoms with E-state index in [1.165, 1.54) is 32.1 Å². The molecular weight excluding hydrogens is 448 g/mol. The molecule has 1 aliphatic heterocycles. The van der Waals surface area contributed by atoms with E-state index in [0.29, 0.717) is 42.3 Å². The monoisotopic (exact) mass is 494 g/mol. The second-order valence-electron chi connectivity index (χ2n) is 12.0. The maximum atomic E-state index is 13.4. The van der Waals surface area contributed by atoms with Crippen LogP contribution in [0.1, 0.15) is 89.0 Å². The summed E-state index contributed by atoms with van der Waals surface area (Å²) in [6.45, 7) is 0. The van der Waals surface area contributed by atoms with Gasteiger partial charge in [-0.25, -0.2) is 4.99 Å². The first-order chi connectivity index (χ1) is 17.3. The largest absolute Gasteiger partial charge is 0.378 e. The Hall–Kier alpha value is -2.37. The predicted molar refractivity (Wildman–Crippen MR) is 147 cm³/mol. The predicted octanol–water partition coefficient (Wildman–Crippen LogP) is 5.34. The minimum atomic E-state index is -0.693. The average Bonchev–Trinajstić information content (AvgIpc) is 3.07. The lowest BCUT2D eigenvalue weighted by Gasteiger charge is -2.35. The smallest absolute Gasteiger partial charge is 0.257 e. The van der Waals surface area contributed by atoms with E-state index >= 15 is 0 Å². The molecule has 0 bridgehead atoms. The number of likely N-dealkylation sites (N-methyl/N-ethyl adjacent to an activating group) is 1. The minimum Gasteiger partial charge on any atom is -0.378 e. The molecule has 1 amide bonds. The van der Waals surface area contributed by atoms with Crippen LogP contribution in [0.25, 0.3) is 0 Å². The summed E-state index contributed by atoms with van der Waals surface area (Å²) in [5.74, 6) is 2.32. The Labute approximate surface area is 217 Å². The van der Waals surface area contributed by atoms with Crippen molar-refractivity contribution < 1.29 is 9.59 Å². The normalized spacial score (nSPS) is 27.2. The van der Waals surface area contributed by atoms with E-state index < -0.39 is 5.54 Å². The number of Topliss-reactive ketones (excluding diaryl/α,β-unsaturated/α-hetero) is 1. The van der Waals surface area contributed by atoms with Gasteiger partial charge in [0, 0.05) is 39.7 Å². The average molecular weight is 495 g/mol. The molecule has 2 aliphatic carbocycles. The van der Waals surface area contributed by atoms with E-state index in [9.17, 15) is 9.59 Å². The Kier molecular flexibility index (Phi) is 8.74. The summed E-state index contributed by atoms with van der Waals surface area (Å²) in [6.07, 6.45) is 14.7. The third-order valence-electron chi connectivity index (χ3n) is 8.95. The van der Waals surface area contributed by atoms with Crippen molar-refractivity contribution in [3.63, 3.8) is 0 Å². The van der Waals surface area contributed by atoms with Gasteiger partial charge < -0.3 is 10.6 Å². The van der Waals surface area contributed by atoms with Crippen LogP contribution in [0.4, 0.5) is 5.69 Å². The molecule has 0 spiro atoms. The van der Waals surface area contributed by atoms with Crippen LogP contribution in [-0.2, 0) is 16.0 Å². The Bertz CT molecular complexity index is 935. The fraction of sp³-hybridized carbons (Fsp3) is 0.700. The molecule has 0 radical (unpaired) electrons. The van der Waals surface area contributed by atoms with Gasteiger partial charge in [0.2, 0.25) is 0 Å². The van der Waals surface area contributed by atoms with Crippen molar-refractivity contribution in [1.82, 2.24) is 4.90 Å². The molecule has 1 aromatic rings. The molecular formula is C30H46N4O2. The number of anilines is 1. The molecule has 3 aliphatic rings. The standard InChI is InChI=1S/C30H46N4O2/c1-33(2)26-14-12-23(13-15-26)19-27(35)20-24-10-7-11-25(18-24)21-30(28(36)34(3)29(31)32-30)17-16-22-8-5-4-6-9-22/h12-15,22,24-25H,4-11,16-21H2,1-3H3,(H2,31,32)/t24-,25+,30-/m1/s1. The van der Waals surface area contributed by atoms with E-state index in [1.54, 1.807) is 11.9 Å². The lowest BCUT2D eigenvalue weighted by Crippen LogP contribution is -2.44. The van der Waals surface area contributed by atoms with Crippen LogP contribution in [0.3, 0.4) is 0 Å². The number of carbonyl (C=O) groups excluding carboxylic acids is 2. The van der Waals surface area contributed by atoms with Crippen LogP contribution in [0.2, 0.25) is 0 Å². The zero-order chi connectivity index (χ0) is 25.7. The van der Waals surface area contributed by atoms with Crippen molar-refractivity contribution >= 4 is 23.3 Å². The first-order valence-corrected chi connectivity index (χ1v) is 14.2. The number of hydrogen-bond acceptors (Lipinski definition) is 5. The van der Waals surface area contributed by atoms with Gasteiger partial charge in [0.25, 0.3) is 5.91 Å². The fourth-order valence-corrected chi connectivity index (χ4v) is 6.86. The molecule has 0 saturated heterocycles. The van der Waals surface area contributed by atoms with Gasteiger partial charge >= 0.3 is 0 Å². The zero-order valence-corrected chi connectivity index (χ0v) is 22.7. The Balaban J connectivity index is 1.35. The molecule has 2 N–H and O–H groups in total. The molecule has 2 saturated carbocycles. The van der Waals surface area contributed by atoms with Crippen molar-refractivity contribution in [2.24, 2.45) is 28.5 Å². The maximum Gasteiger partial charge on any atom is 0.257 e. The number of nitrogens with two attached hydrogens (primary N) is 1. The summed E-state index contributed by atoms with van der Waals surface area (Å²) in [6, 6.07) is 8.29. The van der Waals surface area contributed by atoms with Gasteiger partial charge in [-0.2, -0.15) is 0 Å². The van der Waals surface area contributed by atoms with Crippen molar-refractivity contribution in [1.29, 1.82) is 0 Å². The third kappa shape index (κ3) is 6.49. The molecule has 0 aromatic heterocycles. The van der Waals surface area contributed by atoms with Gasteiger partial charge in [-0.1, -0.05) is 63.5 Å². The summed E-state index contributed by atoms with van der Waals surface area (Å²) in [5, 5.41) is 0. The van der Waals surface area contributed by atoms with E-state index in [1.807, 2.05) is 14.1 Å². The van der Waals surface area contributed by atoms with Gasteiger partial charge in [0.15, 0.2) is 5.96 Å². The van der Waals surface area contributed by atoms with Crippen LogP contribution in [-0.4, -0.2) is 49.2 Å². The lowest BCUT2D eigenvalue weighted by molar-refractivity contribution is -0.131. The van der Waals surface area contributed by atoms with Gasteiger partial charge in [-0.15, -0.1) is 0 Å². The van der Waals surface area contributed by atoms with Crippen molar-refractivity contribution in [3.8, 4) is 0 Å². The van der Waals surface area contributed by atoms with E-state index in [2.05, 4.69) is 29.2 Å². The number of aliphatic imine (C=N–C) groups is 1. The molecule has 0 unspecified atom stereocenters. The Morgan fingerprint density at radius 3 is 2.33 bits per heavy atom. The molecule has 3 atom stereocenters. The van der Waals surface area contributed by atoms with Crippen molar-refractivity contribution in [2.75, 3.05) is 26.0 Å². The molecule has 2 fully saturated rings. The van der Waals surface area contributed by atoms with Crippen molar-refractivity contribution in [2.45, 2.75) is 95.4 Å². The second kappa shape index (κ2) is 11.8. The summed E-state index contributed by atoms with van der Waals surface area (Å²) < 4.78 is 0. The van der Waals surface area contributed by atoms with Gasteiger partial charge in [0.1, 0.15) is 11.3 Å². The number of rotatable bonds is 10. The van der Waals surface area contributed by atoms with E-state index in [-0.39, 0.29) is 5.91 Å². The molecule has 198 valence electrons. The lowest BCUT2D eigenvalue weighted by atomic mass is 9.71. The first-order valence-electron chi connectivity index (χ1n) is 14.2. The number of ketones is 1. The van der Waals surface area contributed by atoms with E-state index in [0.717, 1.165) is 56.2 Å². The zero-order valence-electron chi connectivity index (χ0n) is 22.7. The number of guanidine groups is 1. The van der Waals surface area contributed by atoms with Crippen molar-refractivity contribution in [3.05, 3.63) is 29.8 Å². The highest BCUT2D eigenvalue weighted by Crippen LogP contribution is 2.42. The van der Waals surface area contributed by atoms with Crippen LogP contribution in [0, 0.1) is 17.8 Å². The Morgan fingerprint density at radius 1 is 1.03 bits per heavy atom. The third-order valence-corrected chi connectivity index (χ3v) is 8.95. The number of carbonyl (C=O) groups is 2. The topological polar surface area (TPSA) is 79.0 Å². The summed E-state index contributed by atoms with van der Waals surface area (Å²) in [5.41, 5.74) is 7.70. The quantitative estimate of drug-likeness (QED) is 0.476. The molecule has 6 heteroatoms. The molecule has 4 rings (SSSR count). The fourth-order valence-electron chi connectivity index (χ4n) is 6.86. The maximum absolute atomic E-state index is 13.4. The summed E-state index contributed by atoms with van der Waals surface area (Å²) in [4.78, 5) is 34.8. The highest BCUT2D eigenvalue weighted by atomic mass is 16.2. The van der Waals surface area contributed by atoms with Gasteiger partial charge in [0.05, 0.1) is 0 Å². The first kappa shape index (κ1) is 26.7. The SMILES string of the molecule is CN1C(=O)[C@@](CCC2CCCCC2)(C[C@H]2CCC[C@@H](CC(=O)Cc3ccc(N(C)C)cc3)C2)N=C1N. The summed E-state index contributed by atoms with van der Waals surface area (Å²) in [7, 11) is 5.81. The Morgan fingerprint density at radius 2 is 1.69 bits per heavy atom.